The van der Waals surface area contributed by atoms with Gasteiger partial charge in [-0.2, -0.15) is 0 Å². The van der Waals surface area contributed by atoms with Gasteiger partial charge < -0.3 is 9.88 Å². The lowest BCUT2D eigenvalue weighted by molar-refractivity contribution is 0.251. The van der Waals surface area contributed by atoms with Crippen molar-refractivity contribution in [1.82, 2.24) is 14.5 Å². The molecule has 6 nitrogen and oxygen atoms in total. The Morgan fingerprint density at radius 2 is 1.60 bits per heavy atom. The van der Waals surface area contributed by atoms with E-state index in [-0.39, 0.29) is 11.2 Å². The monoisotopic (exact) mass is 426 g/mol. The molecule has 4 rings (SSSR count). The maximum atomic E-state index is 12.6. The van der Waals surface area contributed by atoms with Crippen molar-refractivity contribution in [2.45, 2.75) is 25.8 Å². The summed E-state index contributed by atoms with van der Waals surface area (Å²) in [6.07, 6.45) is 2.86. The van der Waals surface area contributed by atoms with E-state index < -0.39 is 0 Å². The molecule has 0 amide bonds. The topological polar surface area (TPSA) is 61.3 Å². The number of nitrogens with zero attached hydrogens (tertiary/aromatic N) is 3. The van der Waals surface area contributed by atoms with E-state index in [4.69, 9.17) is 11.6 Å². The summed E-state index contributed by atoms with van der Waals surface area (Å²) < 4.78 is 1.29. The number of para-hydroxylation sites is 1. The van der Waals surface area contributed by atoms with Crippen LogP contribution in [-0.4, -0.2) is 47.2 Å². The van der Waals surface area contributed by atoms with E-state index in [0.29, 0.717) is 22.5 Å². The maximum absolute atomic E-state index is 12.6. The molecule has 1 saturated heterocycles. The van der Waals surface area contributed by atoms with E-state index in [2.05, 4.69) is 45.1 Å². The van der Waals surface area contributed by atoms with Gasteiger partial charge in [-0.3, -0.25) is 14.3 Å². The molecular weight excluding hydrogens is 400 g/mol. The summed E-state index contributed by atoms with van der Waals surface area (Å²) in [5, 5.41) is 0.948. The molecule has 0 atom stereocenters. The van der Waals surface area contributed by atoms with Crippen LogP contribution in [0.5, 0.6) is 0 Å². The first-order valence-electron chi connectivity index (χ1n) is 10.6. The molecule has 158 valence electrons. The second-order valence-electron chi connectivity index (χ2n) is 7.80. The lowest BCUT2D eigenvalue weighted by Crippen LogP contribution is -2.46. The summed E-state index contributed by atoms with van der Waals surface area (Å²) in [5.41, 5.74) is 1.20. The Bertz CT molecular complexity index is 1100. The van der Waals surface area contributed by atoms with Crippen molar-refractivity contribution in [3.05, 3.63) is 74.4 Å². The number of anilines is 1. The first-order chi connectivity index (χ1) is 14.6. The van der Waals surface area contributed by atoms with Gasteiger partial charge in [0.05, 0.1) is 10.9 Å². The number of piperazine rings is 1. The number of hydrogen-bond donors (Lipinski definition) is 1. The smallest absolute Gasteiger partial charge is 0.328 e. The number of nitrogens with one attached hydrogen (secondary N) is 1. The SMILES string of the molecule is O=c1[nH]c2ccc(Cl)cc2c(=O)n1CCCCCN1CCN(c2ccccc2)CC1. The van der Waals surface area contributed by atoms with Gasteiger partial charge in [0.25, 0.3) is 5.56 Å². The van der Waals surface area contributed by atoms with E-state index in [1.165, 1.54) is 10.3 Å². The zero-order valence-corrected chi connectivity index (χ0v) is 17.8. The first-order valence-corrected chi connectivity index (χ1v) is 10.9. The number of unbranched alkanes of at least 4 members (excludes halogenated alkanes) is 2. The highest BCUT2D eigenvalue weighted by atomic mass is 35.5. The highest BCUT2D eigenvalue weighted by Crippen LogP contribution is 2.16. The average Bonchev–Trinajstić information content (AvgIpc) is 2.77. The van der Waals surface area contributed by atoms with Crippen LogP contribution < -0.4 is 16.1 Å². The summed E-state index contributed by atoms with van der Waals surface area (Å²) in [7, 11) is 0. The molecule has 0 radical (unpaired) electrons. The molecule has 7 heteroatoms. The molecule has 2 heterocycles. The van der Waals surface area contributed by atoms with Crippen molar-refractivity contribution in [1.29, 1.82) is 0 Å². The molecule has 0 spiro atoms. The molecule has 1 aliphatic rings. The molecular formula is C23H27ClN4O2. The van der Waals surface area contributed by atoms with Crippen molar-refractivity contribution >= 4 is 28.2 Å². The van der Waals surface area contributed by atoms with Gasteiger partial charge >= 0.3 is 5.69 Å². The van der Waals surface area contributed by atoms with Gasteiger partial charge in [-0.15, -0.1) is 0 Å². The zero-order chi connectivity index (χ0) is 20.9. The van der Waals surface area contributed by atoms with Crippen LogP contribution in [0.15, 0.2) is 58.1 Å². The van der Waals surface area contributed by atoms with E-state index in [1.807, 2.05) is 0 Å². The van der Waals surface area contributed by atoms with Crippen molar-refractivity contribution in [3.63, 3.8) is 0 Å². The van der Waals surface area contributed by atoms with Crippen molar-refractivity contribution in [3.8, 4) is 0 Å². The average molecular weight is 427 g/mol. The van der Waals surface area contributed by atoms with Crippen LogP contribution >= 0.6 is 11.6 Å². The second kappa shape index (κ2) is 9.49. The summed E-state index contributed by atoms with van der Waals surface area (Å²) in [6, 6.07) is 15.5. The summed E-state index contributed by atoms with van der Waals surface area (Å²) in [6.45, 7) is 5.72. The Morgan fingerprint density at radius 3 is 2.37 bits per heavy atom. The quantitative estimate of drug-likeness (QED) is 0.588. The first kappa shape index (κ1) is 20.7. The summed E-state index contributed by atoms with van der Waals surface area (Å²) >= 11 is 6.00. The predicted octanol–water partition coefficient (Wildman–Crippen LogP) is 3.34. The minimum atomic E-state index is -0.355. The summed E-state index contributed by atoms with van der Waals surface area (Å²) in [5.74, 6) is 0. The van der Waals surface area contributed by atoms with Crippen molar-refractivity contribution in [2.75, 3.05) is 37.6 Å². The number of halogens is 1. The number of fused-ring (bicyclic) bond motifs is 1. The van der Waals surface area contributed by atoms with E-state index in [0.717, 1.165) is 52.0 Å². The van der Waals surface area contributed by atoms with Crippen LogP contribution in [0.3, 0.4) is 0 Å². The molecule has 0 bridgehead atoms. The Hall–Kier alpha value is -2.57. The van der Waals surface area contributed by atoms with Crippen LogP contribution in [-0.2, 0) is 6.54 Å². The molecule has 0 unspecified atom stereocenters. The van der Waals surface area contributed by atoms with Crippen LogP contribution in [0.2, 0.25) is 5.02 Å². The van der Waals surface area contributed by atoms with Crippen LogP contribution in [0.25, 0.3) is 10.9 Å². The molecule has 2 aromatic carbocycles. The van der Waals surface area contributed by atoms with Gasteiger partial charge in [0.1, 0.15) is 0 Å². The van der Waals surface area contributed by atoms with Crippen molar-refractivity contribution in [2.24, 2.45) is 0 Å². The van der Waals surface area contributed by atoms with Crippen molar-refractivity contribution < 1.29 is 0 Å². The van der Waals surface area contributed by atoms with E-state index in [1.54, 1.807) is 18.2 Å². The third-order valence-corrected chi connectivity index (χ3v) is 6.03. The van der Waals surface area contributed by atoms with Gasteiger partial charge in [0.15, 0.2) is 0 Å². The Morgan fingerprint density at radius 1 is 0.867 bits per heavy atom. The lowest BCUT2D eigenvalue weighted by Gasteiger charge is -2.36. The number of benzene rings is 2. The molecule has 1 N–H and O–H groups in total. The summed E-state index contributed by atoms with van der Waals surface area (Å²) in [4.78, 5) is 32.6. The fraction of sp³-hybridized carbons (Fsp3) is 0.391. The third kappa shape index (κ3) is 4.77. The molecule has 3 aromatic rings. The zero-order valence-electron chi connectivity index (χ0n) is 17.0. The largest absolute Gasteiger partial charge is 0.369 e. The number of aromatic amines is 1. The Labute approximate surface area is 180 Å². The number of hydrogen-bond acceptors (Lipinski definition) is 4. The molecule has 1 aliphatic heterocycles. The van der Waals surface area contributed by atoms with Crippen LogP contribution in [0, 0.1) is 0 Å². The minimum Gasteiger partial charge on any atom is -0.369 e. The van der Waals surface area contributed by atoms with E-state index >= 15 is 0 Å². The number of rotatable bonds is 7. The third-order valence-electron chi connectivity index (χ3n) is 5.79. The molecule has 0 aliphatic carbocycles. The molecule has 30 heavy (non-hydrogen) atoms. The van der Waals surface area contributed by atoms with Crippen LogP contribution in [0.4, 0.5) is 5.69 Å². The number of aromatic nitrogens is 2. The second-order valence-corrected chi connectivity index (χ2v) is 8.24. The Kier molecular flexibility index (Phi) is 6.55. The molecule has 1 fully saturated rings. The fourth-order valence-electron chi connectivity index (χ4n) is 4.08. The highest BCUT2D eigenvalue weighted by molar-refractivity contribution is 6.31. The number of H-pyrrole nitrogens is 1. The van der Waals surface area contributed by atoms with E-state index in [9.17, 15) is 9.59 Å². The minimum absolute atomic E-state index is 0.270. The van der Waals surface area contributed by atoms with Gasteiger partial charge in [-0.1, -0.05) is 36.2 Å². The van der Waals surface area contributed by atoms with Gasteiger partial charge in [0, 0.05) is 43.4 Å². The predicted molar refractivity (Wildman–Crippen MR) is 123 cm³/mol. The lowest BCUT2D eigenvalue weighted by atomic mass is 10.2. The maximum Gasteiger partial charge on any atom is 0.328 e. The van der Waals surface area contributed by atoms with Gasteiger partial charge in [-0.05, 0) is 49.7 Å². The van der Waals surface area contributed by atoms with Gasteiger partial charge in [-0.25, -0.2) is 4.79 Å². The van der Waals surface area contributed by atoms with Crippen LogP contribution in [0.1, 0.15) is 19.3 Å². The standard InChI is InChI=1S/C23H27ClN4O2/c24-18-9-10-21-20(17-18)22(29)28(23(30)25-21)12-6-2-5-11-26-13-15-27(16-14-26)19-7-3-1-4-8-19/h1,3-4,7-10,17H,2,5-6,11-16H2,(H,25,30). The fourth-order valence-corrected chi connectivity index (χ4v) is 4.25. The molecule has 0 saturated carbocycles. The normalized spacial score (nSPS) is 15.0. The highest BCUT2D eigenvalue weighted by Gasteiger charge is 2.16. The van der Waals surface area contributed by atoms with Gasteiger partial charge in [0.2, 0.25) is 0 Å². The molecule has 1 aromatic heterocycles. The Balaban J connectivity index is 1.24.